The zero-order valence-electron chi connectivity index (χ0n) is 10.2. The smallest absolute Gasteiger partial charge is 0.233 e. The van der Waals surface area contributed by atoms with Crippen molar-refractivity contribution in [1.82, 2.24) is 15.5 Å². The average molecular weight is 225 g/mol. The zero-order chi connectivity index (χ0) is 11.4. The molecule has 0 bridgehead atoms. The molecule has 2 N–H and O–H groups in total. The molecule has 1 spiro atoms. The normalized spacial score (nSPS) is 31.6. The van der Waals surface area contributed by atoms with Crippen molar-refractivity contribution in [3.63, 3.8) is 0 Å². The first-order chi connectivity index (χ1) is 7.74. The third-order valence-electron chi connectivity index (χ3n) is 3.95. The number of rotatable bonds is 2. The van der Waals surface area contributed by atoms with Gasteiger partial charge in [0, 0.05) is 20.1 Å². The minimum absolute atomic E-state index is 0.140. The van der Waals surface area contributed by atoms with E-state index in [9.17, 15) is 4.79 Å². The standard InChI is InChI=1S/C12H23N3O/c1-13-11(16)8-15-7-3-5-12(10-15)4-2-6-14-9-12/h14H,2-10H2,1H3,(H,13,16). The molecule has 2 aliphatic heterocycles. The molecule has 1 unspecified atom stereocenters. The molecule has 0 aromatic rings. The van der Waals surface area contributed by atoms with E-state index in [1.54, 1.807) is 7.05 Å². The van der Waals surface area contributed by atoms with E-state index in [1.807, 2.05) is 0 Å². The van der Waals surface area contributed by atoms with Crippen molar-refractivity contribution in [2.75, 3.05) is 39.8 Å². The Kier molecular flexibility index (Phi) is 3.82. The van der Waals surface area contributed by atoms with Gasteiger partial charge in [0.15, 0.2) is 0 Å². The van der Waals surface area contributed by atoms with Crippen molar-refractivity contribution in [2.45, 2.75) is 25.7 Å². The number of hydrogen-bond donors (Lipinski definition) is 2. The Bertz CT molecular complexity index is 243. The number of piperidine rings is 2. The third kappa shape index (κ3) is 2.74. The van der Waals surface area contributed by atoms with Gasteiger partial charge in [0.25, 0.3) is 0 Å². The van der Waals surface area contributed by atoms with Crippen LogP contribution in [0.15, 0.2) is 0 Å². The van der Waals surface area contributed by atoms with Gasteiger partial charge in [0.05, 0.1) is 6.54 Å². The topological polar surface area (TPSA) is 44.4 Å². The molecule has 0 aliphatic carbocycles. The lowest BCUT2D eigenvalue weighted by Crippen LogP contribution is -2.52. The van der Waals surface area contributed by atoms with E-state index in [0.717, 1.165) is 26.2 Å². The summed E-state index contributed by atoms with van der Waals surface area (Å²) < 4.78 is 0. The van der Waals surface area contributed by atoms with Crippen molar-refractivity contribution >= 4 is 5.91 Å². The van der Waals surface area contributed by atoms with Gasteiger partial charge in [-0.05, 0) is 44.2 Å². The van der Waals surface area contributed by atoms with Gasteiger partial charge in [-0.15, -0.1) is 0 Å². The van der Waals surface area contributed by atoms with Gasteiger partial charge < -0.3 is 10.6 Å². The van der Waals surface area contributed by atoms with Crippen LogP contribution in [0.3, 0.4) is 0 Å². The molecule has 2 rings (SSSR count). The monoisotopic (exact) mass is 225 g/mol. The van der Waals surface area contributed by atoms with Crippen LogP contribution >= 0.6 is 0 Å². The summed E-state index contributed by atoms with van der Waals surface area (Å²) in [6.45, 7) is 5.04. The maximum atomic E-state index is 11.4. The van der Waals surface area contributed by atoms with Gasteiger partial charge >= 0.3 is 0 Å². The molecule has 4 heteroatoms. The number of likely N-dealkylation sites (N-methyl/N-ethyl adjacent to an activating group) is 1. The average Bonchev–Trinajstić information content (AvgIpc) is 2.30. The zero-order valence-corrected chi connectivity index (χ0v) is 10.2. The SMILES string of the molecule is CNC(=O)CN1CCCC2(CCCNC2)C1. The Hall–Kier alpha value is -0.610. The van der Waals surface area contributed by atoms with Crippen molar-refractivity contribution in [2.24, 2.45) is 5.41 Å². The second-order valence-corrected chi connectivity index (χ2v) is 5.27. The van der Waals surface area contributed by atoms with Gasteiger partial charge in [-0.3, -0.25) is 9.69 Å². The fourth-order valence-electron chi connectivity index (χ4n) is 3.11. The van der Waals surface area contributed by atoms with Crippen molar-refractivity contribution in [3.05, 3.63) is 0 Å². The van der Waals surface area contributed by atoms with Crippen LogP contribution in [0.5, 0.6) is 0 Å². The van der Waals surface area contributed by atoms with E-state index in [-0.39, 0.29) is 5.91 Å². The predicted octanol–water partition coefficient (Wildman–Crippen LogP) is 0.198. The molecule has 1 atom stereocenters. The molecule has 2 saturated heterocycles. The molecule has 0 saturated carbocycles. The summed E-state index contributed by atoms with van der Waals surface area (Å²) in [4.78, 5) is 13.7. The number of amides is 1. The number of nitrogens with zero attached hydrogens (tertiary/aromatic N) is 1. The van der Waals surface area contributed by atoms with Crippen LogP contribution in [0.2, 0.25) is 0 Å². The van der Waals surface area contributed by atoms with Crippen LogP contribution in [-0.4, -0.2) is 50.6 Å². The first kappa shape index (κ1) is 11.9. The molecule has 0 radical (unpaired) electrons. The van der Waals surface area contributed by atoms with Gasteiger partial charge in [0.1, 0.15) is 0 Å². The van der Waals surface area contributed by atoms with Crippen LogP contribution in [-0.2, 0) is 4.79 Å². The second-order valence-electron chi connectivity index (χ2n) is 5.27. The molecular weight excluding hydrogens is 202 g/mol. The van der Waals surface area contributed by atoms with Crippen molar-refractivity contribution in [1.29, 1.82) is 0 Å². The summed E-state index contributed by atoms with van der Waals surface area (Å²) >= 11 is 0. The highest BCUT2D eigenvalue weighted by Crippen LogP contribution is 2.35. The molecule has 2 fully saturated rings. The highest BCUT2D eigenvalue weighted by atomic mass is 16.1. The molecule has 0 aromatic heterocycles. The van der Waals surface area contributed by atoms with Gasteiger partial charge in [-0.25, -0.2) is 0 Å². The van der Waals surface area contributed by atoms with Crippen LogP contribution in [0.25, 0.3) is 0 Å². The summed E-state index contributed by atoms with van der Waals surface area (Å²) in [5.41, 5.74) is 0.449. The van der Waals surface area contributed by atoms with E-state index < -0.39 is 0 Å². The molecular formula is C12H23N3O. The molecule has 16 heavy (non-hydrogen) atoms. The summed E-state index contributed by atoms with van der Waals surface area (Å²) in [7, 11) is 1.71. The quantitative estimate of drug-likeness (QED) is 0.705. The number of carbonyl (C=O) groups is 1. The van der Waals surface area contributed by atoms with Crippen molar-refractivity contribution < 1.29 is 4.79 Å². The molecule has 4 nitrogen and oxygen atoms in total. The fourth-order valence-corrected chi connectivity index (χ4v) is 3.11. The molecule has 2 aliphatic rings. The largest absolute Gasteiger partial charge is 0.358 e. The van der Waals surface area contributed by atoms with E-state index in [2.05, 4.69) is 15.5 Å². The van der Waals surface area contributed by atoms with Crippen molar-refractivity contribution in [3.8, 4) is 0 Å². The summed E-state index contributed by atoms with van der Waals surface area (Å²) in [6.07, 6.45) is 5.17. The number of nitrogens with one attached hydrogen (secondary N) is 2. The molecule has 0 aromatic carbocycles. The Morgan fingerprint density at radius 1 is 1.44 bits per heavy atom. The summed E-state index contributed by atoms with van der Waals surface area (Å²) in [5, 5.41) is 6.21. The Balaban J connectivity index is 1.90. The van der Waals surface area contributed by atoms with Gasteiger partial charge in [0.2, 0.25) is 5.91 Å². The van der Waals surface area contributed by atoms with Gasteiger partial charge in [-0.2, -0.15) is 0 Å². The molecule has 92 valence electrons. The lowest BCUT2D eigenvalue weighted by atomic mass is 9.74. The predicted molar refractivity (Wildman–Crippen MR) is 64.3 cm³/mol. The van der Waals surface area contributed by atoms with E-state index in [1.165, 1.54) is 25.7 Å². The van der Waals surface area contributed by atoms with Crippen LogP contribution in [0.4, 0.5) is 0 Å². The van der Waals surface area contributed by atoms with E-state index >= 15 is 0 Å². The highest BCUT2D eigenvalue weighted by molar-refractivity contribution is 5.77. The number of hydrogen-bond acceptors (Lipinski definition) is 3. The first-order valence-corrected chi connectivity index (χ1v) is 6.38. The van der Waals surface area contributed by atoms with Crippen LogP contribution < -0.4 is 10.6 Å². The lowest BCUT2D eigenvalue weighted by molar-refractivity contribution is -0.122. The van der Waals surface area contributed by atoms with Crippen LogP contribution in [0, 0.1) is 5.41 Å². The molecule has 2 heterocycles. The number of carbonyl (C=O) groups excluding carboxylic acids is 1. The van der Waals surface area contributed by atoms with E-state index in [0.29, 0.717) is 12.0 Å². The Morgan fingerprint density at radius 3 is 2.94 bits per heavy atom. The Labute approximate surface area is 97.8 Å². The summed E-state index contributed by atoms with van der Waals surface area (Å²) in [5.74, 6) is 0.140. The minimum atomic E-state index is 0.140. The Morgan fingerprint density at radius 2 is 2.25 bits per heavy atom. The second kappa shape index (κ2) is 5.15. The fraction of sp³-hybridized carbons (Fsp3) is 0.917. The third-order valence-corrected chi connectivity index (χ3v) is 3.95. The minimum Gasteiger partial charge on any atom is -0.358 e. The first-order valence-electron chi connectivity index (χ1n) is 6.38. The maximum Gasteiger partial charge on any atom is 0.233 e. The maximum absolute atomic E-state index is 11.4. The lowest BCUT2D eigenvalue weighted by Gasteiger charge is -2.45. The number of likely N-dealkylation sites (tertiary alicyclic amines) is 1. The highest BCUT2D eigenvalue weighted by Gasteiger charge is 2.36. The molecule has 1 amide bonds. The van der Waals surface area contributed by atoms with Crippen LogP contribution in [0.1, 0.15) is 25.7 Å². The van der Waals surface area contributed by atoms with E-state index in [4.69, 9.17) is 0 Å². The van der Waals surface area contributed by atoms with Gasteiger partial charge in [-0.1, -0.05) is 0 Å². The summed E-state index contributed by atoms with van der Waals surface area (Å²) in [6, 6.07) is 0.